The van der Waals surface area contributed by atoms with Crippen molar-refractivity contribution in [2.45, 2.75) is 6.04 Å². The second kappa shape index (κ2) is 8.29. The van der Waals surface area contributed by atoms with Crippen LogP contribution < -0.4 is 16.0 Å². The van der Waals surface area contributed by atoms with Gasteiger partial charge in [-0.15, -0.1) is 0 Å². The van der Waals surface area contributed by atoms with Crippen LogP contribution in [0, 0.1) is 10.7 Å². The number of aliphatic hydroxyl groups is 1. The number of carbonyl (C=O) groups is 2. The van der Waals surface area contributed by atoms with Crippen LogP contribution in [0.1, 0.15) is 11.6 Å². The molecule has 2 aromatic carbocycles. The van der Waals surface area contributed by atoms with Gasteiger partial charge in [0.2, 0.25) is 0 Å². The van der Waals surface area contributed by atoms with Crippen LogP contribution in [0.5, 0.6) is 0 Å². The van der Waals surface area contributed by atoms with Crippen molar-refractivity contribution >= 4 is 91.1 Å². The average Bonchev–Trinajstić information content (AvgIpc) is 2.72. The molecule has 26 heavy (non-hydrogen) atoms. The largest absolute Gasteiger partial charge is 0.503 e. The zero-order chi connectivity index (χ0) is 18.8. The van der Waals surface area contributed by atoms with Gasteiger partial charge in [-0.2, -0.15) is 0 Å². The smallest absolute Gasteiger partial charge is 0.320 e. The van der Waals surface area contributed by atoms with Gasteiger partial charge in [-0.05, 0) is 92.0 Å². The maximum Gasteiger partial charge on any atom is 0.320 e. The highest BCUT2D eigenvalue weighted by Gasteiger charge is 2.24. The van der Waals surface area contributed by atoms with Crippen molar-refractivity contribution in [1.29, 1.82) is 0 Å². The third kappa shape index (κ3) is 4.24. The van der Waals surface area contributed by atoms with E-state index in [0.717, 1.165) is 16.4 Å². The van der Waals surface area contributed by atoms with E-state index in [0.29, 0.717) is 11.3 Å². The highest BCUT2D eigenvalue weighted by molar-refractivity contribution is 14.1. The summed E-state index contributed by atoms with van der Waals surface area (Å²) in [5.74, 6) is -1.05. The molecule has 1 aliphatic heterocycles. The van der Waals surface area contributed by atoms with E-state index in [1.165, 1.54) is 6.08 Å². The summed E-state index contributed by atoms with van der Waals surface area (Å²) in [7, 11) is 0. The molecule has 6 nitrogen and oxygen atoms in total. The predicted octanol–water partition coefficient (Wildman–Crippen LogP) is 4.76. The topological polar surface area (TPSA) is 90.5 Å². The van der Waals surface area contributed by atoms with Crippen LogP contribution in [0.2, 0.25) is 0 Å². The van der Waals surface area contributed by atoms with Gasteiger partial charge in [0, 0.05) is 18.4 Å². The summed E-state index contributed by atoms with van der Waals surface area (Å²) in [6.45, 7) is 0. The number of fused-ring (bicyclic) bond motifs is 1. The first kappa shape index (κ1) is 19.7. The highest BCUT2D eigenvalue weighted by atomic mass is 127. The van der Waals surface area contributed by atoms with Gasteiger partial charge in [0.05, 0.1) is 15.3 Å². The summed E-state index contributed by atoms with van der Waals surface area (Å²) >= 11 is 6.56. The van der Waals surface area contributed by atoms with E-state index in [4.69, 9.17) is 0 Å². The molecule has 0 bridgehead atoms. The SMILES string of the molecule is O=C(Nc1c(I)ccc(I)c1I)NC1C=C(O)C(=O)Nc2ccccc21. The maximum absolute atomic E-state index is 12.6. The van der Waals surface area contributed by atoms with Crippen molar-refractivity contribution in [3.05, 3.63) is 64.5 Å². The minimum Gasteiger partial charge on any atom is -0.503 e. The number of benzene rings is 2. The minimum atomic E-state index is -0.650. The number of aliphatic hydroxyl groups excluding tert-OH is 1. The summed E-state index contributed by atoms with van der Waals surface area (Å²) in [4.78, 5) is 24.4. The molecule has 0 fully saturated rings. The number of hydrogen-bond donors (Lipinski definition) is 4. The molecule has 1 heterocycles. The number of para-hydroxylation sites is 1. The second-order valence-electron chi connectivity index (χ2n) is 5.39. The zero-order valence-electron chi connectivity index (χ0n) is 13.0. The van der Waals surface area contributed by atoms with Gasteiger partial charge >= 0.3 is 6.03 Å². The number of rotatable bonds is 2. The molecule has 1 unspecified atom stereocenters. The van der Waals surface area contributed by atoms with Crippen molar-refractivity contribution in [1.82, 2.24) is 5.32 Å². The molecule has 1 aliphatic rings. The normalized spacial score (nSPS) is 16.0. The molecule has 0 spiro atoms. The zero-order valence-corrected chi connectivity index (χ0v) is 19.5. The van der Waals surface area contributed by atoms with Crippen LogP contribution in [-0.2, 0) is 4.79 Å². The molecule has 9 heteroatoms. The molecule has 0 radical (unpaired) electrons. The van der Waals surface area contributed by atoms with E-state index < -0.39 is 23.7 Å². The molecule has 0 saturated carbocycles. The van der Waals surface area contributed by atoms with Gasteiger partial charge in [-0.25, -0.2) is 4.79 Å². The Hall–Kier alpha value is -1.09. The lowest BCUT2D eigenvalue weighted by Crippen LogP contribution is -2.32. The molecule has 3 rings (SSSR count). The maximum atomic E-state index is 12.6. The Labute approximate surface area is 190 Å². The fourth-order valence-electron chi connectivity index (χ4n) is 2.44. The summed E-state index contributed by atoms with van der Waals surface area (Å²) in [5.41, 5.74) is 1.95. The lowest BCUT2D eigenvalue weighted by Gasteiger charge is -2.18. The van der Waals surface area contributed by atoms with E-state index in [9.17, 15) is 14.7 Å². The Morgan fingerprint density at radius 1 is 1.08 bits per heavy atom. The quantitative estimate of drug-likeness (QED) is 0.272. The molecule has 134 valence electrons. The first-order valence-corrected chi connectivity index (χ1v) is 10.6. The standard InChI is InChI=1S/C17H12I3N3O3/c18-9-5-6-10(19)15(14(9)20)23-17(26)22-12-7-13(24)16(25)21-11-4-2-1-3-8(11)12/h1-7,12,24H,(H,21,25)(H2,22,23,26). The highest BCUT2D eigenvalue weighted by Crippen LogP contribution is 2.30. The van der Waals surface area contributed by atoms with Gasteiger partial charge < -0.3 is 21.1 Å². The van der Waals surface area contributed by atoms with E-state index in [-0.39, 0.29) is 0 Å². The average molecular weight is 687 g/mol. The number of carbonyl (C=O) groups excluding carboxylic acids is 2. The van der Waals surface area contributed by atoms with Crippen LogP contribution in [0.25, 0.3) is 0 Å². The van der Waals surface area contributed by atoms with Crippen molar-refractivity contribution in [3.63, 3.8) is 0 Å². The van der Waals surface area contributed by atoms with E-state index >= 15 is 0 Å². The Balaban J connectivity index is 1.87. The number of amides is 3. The monoisotopic (exact) mass is 687 g/mol. The summed E-state index contributed by atoms with van der Waals surface area (Å²) in [6.07, 6.45) is 1.32. The van der Waals surface area contributed by atoms with Gasteiger partial charge in [-0.3, -0.25) is 4.79 Å². The molecule has 0 aromatic heterocycles. The fourth-order valence-corrected chi connectivity index (χ4v) is 4.60. The Morgan fingerprint density at radius 2 is 1.77 bits per heavy atom. The van der Waals surface area contributed by atoms with Crippen LogP contribution in [0.4, 0.5) is 16.2 Å². The number of anilines is 2. The van der Waals surface area contributed by atoms with Crippen molar-refractivity contribution < 1.29 is 14.7 Å². The summed E-state index contributed by atoms with van der Waals surface area (Å²) in [5, 5.41) is 18.2. The Bertz CT molecular complexity index is 931. The van der Waals surface area contributed by atoms with Gasteiger partial charge in [-0.1, -0.05) is 18.2 Å². The Kier molecular flexibility index (Phi) is 6.27. The van der Waals surface area contributed by atoms with E-state index in [1.807, 2.05) is 12.1 Å². The summed E-state index contributed by atoms with van der Waals surface area (Å²) < 4.78 is 2.90. The first-order valence-electron chi connectivity index (χ1n) is 7.39. The predicted molar refractivity (Wildman–Crippen MR) is 125 cm³/mol. The third-order valence-electron chi connectivity index (χ3n) is 3.67. The number of urea groups is 1. The second-order valence-corrected chi connectivity index (χ2v) is 8.79. The van der Waals surface area contributed by atoms with Crippen molar-refractivity contribution in [3.8, 4) is 0 Å². The molecular weight excluding hydrogens is 675 g/mol. The first-order chi connectivity index (χ1) is 12.4. The number of nitrogens with one attached hydrogen (secondary N) is 3. The molecule has 0 saturated heterocycles. The van der Waals surface area contributed by atoms with Crippen molar-refractivity contribution in [2.75, 3.05) is 10.6 Å². The van der Waals surface area contributed by atoms with Gasteiger partial charge in [0.15, 0.2) is 5.76 Å². The molecule has 1 atom stereocenters. The molecule has 4 N–H and O–H groups in total. The van der Waals surface area contributed by atoms with Crippen LogP contribution in [0.3, 0.4) is 0 Å². The molecule has 2 aromatic rings. The van der Waals surface area contributed by atoms with Crippen LogP contribution in [0.15, 0.2) is 48.2 Å². The van der Waals surface area contributed by atoms with Gasteiger partial charge in [0.25, 0.3) is 5.91 Å². The Morgan fingerprint density at radius 3 is 2.54 bits per heavy atom. The third-order valence-corrected chi connectivity index (χ3v) is 7.62. The lowest BCUT2D eigenvalue weighted by molar-refractivity contribution is -0.115. The van der Waals surface area contributed by atoms with E-state index in [1.54, 1.807) is 24.3 Å². The van der Waals surface area contributed by atoms with E-state index in [2.05, 4.69) is 83.7 Å². The number of halogens is 3. The van der Waals surface area contributed by atoms with Gasteiger partial charge in [0.1, 0.15) is 0 Å². The van der Waals surface area contributed by atoms with Crippen molar-refractivity contribution in [2.24, 2.45) is 0 Å². The fraction of sp³-hybridized carbons (Fsp3) is 0.0588. The lowest BCUT2D eigenvalue weighted by atomic mass is 10.1. The minimum absolute atomic E-state index is 0.430. The molecule has 3 amide bonds. The molecular formula is C17H12I3N3O3. The summed E-state index contributed by atoms with van der Waals surface area (Å²) in [6, 6.07) is 9.91. The number of hydrogen-bond acceptors (Lipinski definition) is 3. The molecule has 0 aliphatic carbocycles. The van der Waals surface area contributed by atoms with Crippen LogP contribution >= 0.6 is 67.8 Å². The van der Waals surface area contributed by atoms with Crippen LogP contribution in [-0.4, -0.2) is 17.0 Å².